The Bertz CT molecular complexity index is 466. The van der Waals surface area contributed by atoms with E-state index >= 15 is 0 Å². The molecule has 2 rings (SSSR count). The van der Waals surface area contributed by atoms with Crippen molar-refractivity contribution in [1.29, 1.82) is 0 Å². The molecule has 2 saturated heterocycles. The van der Waals surface area contributed by atoms with Gasteiger partial charge < -0.3 is 9.64 Å². The molecule has 0 N–H and O–H groups in total. The third-order valence-corrected chi connectivity index (χ3v) is 4.23. The van der Waals surface area contributed by atoms with Crippen LogP contribution >= 0.6 is 0 Å². The lowest BCUT2D eigenvalue weighted by molar-refractivity contribution is -0.124. The molecule has 116 valence electrons. The van der Waals surface area contributed by atoms with Crippen LogP contribution in [0.4, 0.5) is 4.79 Å². The molecule has 2 aliphatic heterocycles. The van der Waals surface area contributed by atoms with Crippen LogP contribution < -0.4 is 0 Å². The molecule has 21 heavy (non-hydrogen) atoms. The minimum atomic E-state index is -0.472. The lowest BCUT2D eigenvalue weighted by Crippen LogP contribution is -2.49. The SMILES string of the molecule is CC#CCC(=O)C1CC2CCC(C1)N2C(=O)OC(C)(C)C. The Kier molecular flexibility index (Phi) is 4.61. The molecule has 2 fully saturated rings. The fraction of sp³-hybridized carbons (Fsp3) is 0.765. The van der Waals surface area contributed by atoms with E-state index in [4.69, 9.17) is 4.74 Å². The molecule has 0 aromatic rings. The van der Waals surface area contributed by atoms with Crippen LogP contribution in [0, 0.1) is 17.8 Å². The maximum atomic E-state index is 12.3. The summed E-state index contributed by atoms with van der Waals surface area (Å²) >= 11 is 0. The predicted molar refractivity (Wildman–Crippen MR) is 80.7 cm³/mol. The number of piperidine rings is 1. The van der Waals surface area contributed by atoms with Crippen LogP contribution in [0.25, 0.3) is 0 Å². The summed E-state index contributed by atoms with van der Waals surface area (Å²) in [5, 5.41) is 0. The number of nitrogens with zero attached hydrogens (tertiary/aromatic N) is 1. The van der Waals surface area contributed by atoms with Crippen molar-refractivity contribution in [2.24, 2.45) is 5.92 Å². The van der Waals surface area contributed by atoms with E-state index in [0.717, 1.165) is 25.7 Å². The van der Waals surface area contributed by atoms with Crippen LogP contribution in [-0.4, -0.2) is 34.5 Å². The van der Waals surface area contributed by atoms with Gasteiger partial charge in [-0.15, -0.1) is 5.92 Å². The second-order valence-electron chi connectivity index (χ2n) is 7.01. The molecule has 0 radical (unpaired) electrons. The lowest BCUT2D eigenvalue weighted by Gasteiger charge is -2.38. The van der Waals surface area contributed by atoms with Crippen LogP contribution in [0.15, 0.2) is 0 Å². The Morgan fingerprint density at radius 2 is 1.76 bits per heavy atom. The van der Waals surface area contributed by atoms with Crippen molar-refractivity contribution < 1.29 is 14.3 Å². The normalized spacial score (nSPS) is 27.8. The molecule has 0 spiro atoms. The first kappa shape index (κ1) is 15.9. The van der Waals surface area contributed by atoms with Crippen molar-refractivity contribution in [3.63, 3.8) is 0 Å². The van der Waals surface area contributed by atoms with Gasteiger partial charge in [0, 0.05) is 18.0 Å². The van der Waals surface area contributed by atoms with Crippen LogP contribution in [0.2, 0.25) is 0 Å². The number of Topliss-reactive ketones (excluding diaryl/α,β-unsaturated/α-hetero) is 1. The van der Waals surface area contributed by atoms with Crippen LogP contribution in [-0.2, 0) is 9.53 Å². The highest BCUT2D eigenvalue weighted by molar-refractivity contribution is 5.84. The van der Waals surface area contributed by atoms with Crippen LogP contribution in [0.1, 0.15) is 59.8 Å². The Morgan fingerprint density at radius 3 is 2.24 bits per heavy atom. The van der Waals surface area contributed by atoms with Gasteiger partial charge >= 0.3 is 6.09 Å². The molecule has 4 nitrogen and oxygen atoms in total. The van der Waals surface area contributed by atoms with E-state index in [1.54, 1.807) is 6.92 Å². The molecule has 2 unspecified atom stereocenters. The number of ketones is 1. The predicted octanol–water partition coefficient (Wildman–Crippen LogP) is 3.15. The number of hydrogen-bond acceptors (Lipinski definition) is 3. The number of hydrogen-bond donors (Lipinski definition) is 0. The van der Waals surface area contributed by atoms with Gasteiger partial charge in [0.05, 0.1) is 6.42 Å². The van der Waals surface area contributed by atoms with Crippen LogP contribution in [0.3, 0.4) is 0 Å². The smallest absolute Gasteiger partial charge is 0.410 e. The van der Waals surface area contributed by atoms with E-state index in [-0.39, 0.29) is 29.9 Å². The molecule has 2 aliphatic rings. The number of ether oxygens (including phenoxy) is 1. The fourth-order valence-electron chi connectivity index (χ4n) is 3.37. The summed E-state index contributed by atoms with van der Waals surface area (Å²) in [6.07, 6.45) is 3.60. The van der Waals surface area contributed by atoms with Gasteiger partial charge in [-0.25, -0.2) is 4.79 Å². The summed E-state index contributed by atoms with van der Waals surface area (Å²) < 4.78 is 5.50. The van der Waals surface area contributed by atoms with Crippen molar-refractivity contribution >= 4 is 11.9 Å². The zero-order valence-corrected chi connectivity index (χ0v) is 13.4. The summed E-state index contributed by atoms with van der Waals surface area (Å²) in [7, 11) is 0. The van der Waals surface area contributed by atoms with Crippen LogP contribution in [0.5, 0.6) is 0 Å². The van der Waals surface area contributed by atoms with Gasteiger partial charge in [0.1, 0.15) is 11.4 Å². The maximum absolute atomic E-state index is 12.3. The van der Waals surface area contributed by atoms with Gasteiger partial charge in [-0.3, -0.25) is 4.79 Å². The Morgan fingerprint density at radius 1 is 1.19 bits per heavy atom. The Hall–Kier alpha value is -1.50. The van der Waals surface area contributed by atoms with E-state index in [1.165, 1.54) is 0 Å². The highest BCUT2D eigenvalue weighted by Gasteiger charge is 2.46. The summed E-state index contributed by atoms with van der Waals surface area (Å²) in [6, 6.07) is 0.310. The molecule has 0 aromatic carbocycles. The fourth-order valence-corrected chi connectivity index (χ4v) is 3.37. The first-order chi connectivity index (χ1) is 9.81. The van der Waals surface area contributed by atoms with Crippen molar-refractivity contribution in [3.8, 4) is 11.8 Å². The number of rotatable bonds is 2. The van der Waals surface area contributed by atoms with Gasteiger partial charge in [-0.05, 0) is 53.4 Å². The zero-order valence-electron chi connectivity index (χ0n) is 13.4. The highest BCUT2D eigenvalue weighted by Crippen LogP contribution is 2.40. The summed E-state index contributed by atoms with van der Waals surface area (Å²) in [4.78, 5) is 26.3. The number of amides is 1. The van der Waals surface area contributed by atoms with E-state index in [2.05, 4.69) is 11.8 Å². The minimum absolute atomic E-state index is 0.0574. The summed E-state index contributed by atoms with van der Waals surface area (Å²) in [5.41, 5.74) is -0.472. The zero-order chi connectivity index (χ0) is 15.6. The molecule has 1 amide bonds. The number of carbonyl (C=O) groups excluding carboxylic acids is 2. The molecule has 2 heterocycles. The third kappa shape index (κ3) is 3.78. The number of carbonyl (C=O) groups is 2. The van der Waals surface area contributed by atoms with Crippen molar-refractivity contribution in [2.75, 3.05) is 0 Å². The van der Waals surface area contributed by atoms with E-state index in [0.29, 0.717) is 6.42 Å². The highest BCUT2D eigenvalue weighted by atomic mass is 16.6. The molecule has 0 aliphatic carbocycles. The molecule has 4 heteroatoms. The largest absolute Gasteiger partial charge is 0.444 e. The van der Waals surface area contributed by atoms with E-state index in [9.17, 15) is 9.59 Å². The Labute approximate surface area is 127 Å². The molecular formula is C17H25NO3. The first-order valence-corrected chi connectivity index (χ1v) is 7.75. The maximum Gasteiger partial charge on any atom is 0.410 e. The summed E-state index contributed by atoms with van der Waals surface area (Å²) in [6.45, 7) is 7.40. The quantitative estimate of drug-likeness (QED) is 0.734. The topological polar surface area (TPSA) is 46.6 Å². The van der Waals surface area contributed by atoms with Gasteiger partial charge in [0.2, 0.25) is 0 Å². The van der Waals surface area contributed by atoms with E-state index in [1.807, 2.05) is 25.7 Å². The van der Waals surface area contributed by atoms with Crippen molar-refractivity contribution in [2.45, 2.75) is 77.5 Å². The first-order valence-electron chi connectivity index (χ1n) is 7.75. The van der Waals surface area contributed by atoms with Crippen molar-refractivity contribution in [1.82, 2.24) is 4.90 Å². The van der Waals surface area contributed by atoms with E-state index < -0.39 is 5.60 Å². The molecular weight excluding hydrogens is 266 g/mol. The van der Waals surface area contributed by atoms with Gasteiger partial charge in [0.15, 0.2) is 0 Å². The molecule has 0 aromatic heterocycles. The molecule has 2 atom stereocenters. The van der Waals surface area contributed by atoms with Gasteiger partial charge in [0.25, 0.3) is 0 Å². The Balaban J connectivity index is 2.00. The molecule has 0 saturated carbocycles. The third-order valence-electron chi connectivity index (χ3n) is 4.23. The summed E-state index contributed by atoms with van der Waals surface area (Å²) in [5.74, 6) is 5.91. The monoisotopic (exact) mass is 291 g/mol. The second kappa shape index (κ2) is 6.09. The number of fused-ring (bicyclic) bond motifs is 2. The second-order valence-corrected chi connectivity index (χ2v) is 7.01. The molecule has 2 bridgehead atoms. The minimum Gasteiger partial charge on any atom is -0.444 e. The van der Waals surface area contributed by atoms with Gasteiger partial charge in [-0.2, -0.15) is 0 Å². The van der Waals surface area contributed by atoms with Gasteiger partial charge in [-0.1, -0.05) is 5.92 Å². The average Bonchev–Trinajstić information content (AvgIpc) is 2.65. The average molecular weight is 291 g/mol. The van der Waals surface area contributed by atoms with Crippen molar-refractivity contribution in [3.05, 3.63) is 0 Å². The lowest BCUT2D eigenvalue weighted by atomic mass is 9.86. The standard InChI is InChI=1S/C17H25NO3/c1-5-6-7-15(19)12-10-13-8-9-14(11-12)18(13)16(20)21-17(2,3)4/h12-14H,7-11H2,1-4H3.